The smallest absolute Gasteiger partial charge is 0.387 e. The summed E-state index contributed by atoms with van der Waals surface area (Å²) in [6.07, 6.45) is -15.3. The van der Waals surface area contributed by atoms with Gasteiger partial charge in [0.05, 0.1) is 59.5 Å². The number of hydrogen-bond acceptors (Lipinski definition) is 18. The second-order valence-corrected chi connectivity index (χ2v) is 15.5. The minimum Gasteiger partial charge on any atom is -0.387 e. The van der Waals surface area contributed by atoms with Gasteiger partial charge in [-0.2, -0.15) is 4.31 Å². The van der Waals surface area contributed by atoms with Crippen molar-refractivity contribution in [2.24, 2.45) is 0 Å². The van der Waals surface area contributed by atoms with Gasteiger partial charge >= 0.3 is 21.3 Å². The van der Waals surface area contributed by atoms with Gasteiger partial charge in [0.1, 0.15) is 42.7 Å². The van der Waals surface area contributed by atoms with Gasteiger partial charge in [0.15, 0.2) is 12.5 Å². The highest BCUT2D eigenvalue weighted by molar-refractivity contribution is 7.61. The molecule has 0 amide bonds. The van der Waals surface area contributed by atoms with Crippen LogP contribution in [0, 0.1) is 0 Å². The highest BCUT2D eigenvalue weighted by Crippen LogP contribution is 2.61. The number of phosphoric acid groups is 2. The summed E-state index contributed by atoms with van der Waals surface area (Å²) in [5.74, 6) is 0. The van der Waals surface area contributed by atoms with Crippen molar-refractivity contribution in [3.63, 3.8) is 0 Å². The zero-order chi connectivity index (χ0) is 40.5. The molecule has 0 aliphatic carbocycles. The molecule has 2 aliphatic rings. The Kier molecular flexibility index (Phi) is 16.0. The summed E-state index contributed by atoms with van der Waals surface area (Å²) in [6, 6.07) is 15.1. The van der Waals surface area contributed by atoms with Gasteiger partial charge in [0.2, 0.25) is 0 Å². The van der Waals surface area contributed by atoms with Crippen molar-refractivity contribution in [2.75, 3.05) is 52.9 Å². The molecule has 3 aromatic rings. The Bertz CT molecular complexity index is 1930. The lowest BCUT2D eigenvalue weighted by Crippen LogP contribution is -2.59. The van der Waals surface area contributed by atoms with Crippen LogP contribution < -0.4 is 11.2 Å². The Labute approximate surface area is 317 Å². The molecule has 2 aromatic carbocycles. The van der Waals surface area contributed by atoms with E-state index in [0.29, 0.717) is 19.8 Å². The molecule has 22 nitrogen and oxygen atoms in total. The fourth-order valence-electron chi connectivity index (χ4n) is 5.61. The first-order chi connectivity index (χ1) is 26.6. The Morgan fingerprint density at radius 1 is 0.679 bits per heavy atom. The SMILES string of the molecule is O=c1ccn([C@@H]2O[C@H](COP(=O)(O)OP(=O)(O)OC3O[C@H](COCCOCCOCCOCc4ccc5ccccc5c4)[C@H](O)[C@H](O)[C@H]3O)[C@@H](O)[C@H]2O)c(=O)[nH]1. The molecule has 0 spiro atoms. The van der Waals surface area contributed by atoms with E-state index in [1.54, 1.807) is 0 Å². The zero-order valence-corrected chi connectivity index (χ0v) is 31.3. The number of hydrogen-bond donors (Lipinski definition) is 8. The molecule has 1 aromatic heterocycles. The summed E-state index contributed by atoms with van der Waals surface area (Å²) in [5.41, 5.74) is -0.700. The van der Waals surface area contributed by atoms with E-state index in [-0.39, 0.29) is 26.4 Å². The minimum absolute atomic E-state index is 0.0168. The van der Waals surface area contributed by atoms with Crippen molar-refractivity contribution in [3.8, 4) is 0 Å². The Balaban J connectivity index is 0.967. The molecule has 3 unspecified atom stereocenters. The maximum atomic E-state index is 12.6. The number of aliphatic hydroxyl groups excluding tert-OH is 5. The zero-order valence-electron chi connectivity index (χ0n) is 29.5. The molecule has 11 atom stereocenters. The molecule has 24 heteroatoms. The van der Waals surface area contributed by atoms with Gasteiger partial charge < -0.3 is 63.7 Å². The molecule has 0 saturated carbocycles. The van der Waals surface area contributed by atoms with E-state index < -0.39 is 95.4 Å². The van der Waals surface area contributed by atoms with E-state index in [1.807, 2.05) is 41.4 Å². The number of ether oxygens (including phenoxy) is 6. The summed E-state index contributed by atoms with van der Waals surface area (Å²) in [4.78, 5) is 45.5. The first-order valence-corrected chi connectivity index (χ1v) is 20.1. The van der Waals surface area contributed by atoms with E-state index in [4.69, 9.17) is 28.4 Å². The molecule has 0 radical (unpaired) electrons. The van der Waals surface area contributed by atoms with Crippen molar-refractivity contribution in [3.05, 3.63) is 81.1 Å². The van der Waals surface area contributed by atoms with Crippen LogP contribution in [0.2, 0.25) is 0 Å². The molecule has 56 heavy (non-hydrogen) atoms. The van der Waals surface area contributed by atoms with Crippen LogP contribution in [0.15, 0.2) is 64.3 Å². The Morgan fingerprint density at radius 3 is 2.00 bits per heavy atom. The number of phosphoric ester groups is 2. The second-order valence-electron chi connectivity index (χ2n) is 12.5. The van der Waals surface area contributed by atoms with Crippen LogP contribution in [-0.2, 0) is 57.5 Å². The number of aromatic amines is 1. The van der Waals surface area contributed by atoms with Crippen molar-refractivity contribution in [1.82, 2.24) is 9.55 Å². The number of nitrogens with zero attached hydrogens (tertiary/aromatic N) is 1. The van der Waals surface area contributed by atoms with Crippen LogP contribution in [0.25, 0.3) is 10.8 Å². The lowest BCUT2D eigenvalue weighted by atomic mass is 9.99. The number of aromatic nitrogens is 2. The average molecular weight is 839 g/mol. The van der Waals surface area contributed by atoms with E-state index >= 15 is 0 Å². The van der Waals surface area contributed by atoms with Gasteiger partial charge in [-0.3, -0.25) is 23.4 Å². The van der Waals surface area contributed by atoms with Crippen LogP contribution in [0.5, 0.6) is 0 Å². The molecule has 0 bridgehead atoms. The largest absolute Gasteiger partial charge is 0.483 e. The molecule has 2 saturated heterocycles. The average Bonchev–Trinajstić information content (AvgIpc) is 3.43. The highest BCUT2D eigenvalue weighted by atomic mass is 31.3. The van der Waals surface area contributed by atoms with Gasteiger partial charge in [-0.1, -0.05) is 36.4 Å². The predicted molar refractivity (Wildman–Crippen MR) is 188 cm³/mol. The van der Waals surface area contributed by atoms with E-state index in [1.165, 1.54) is 0 Å². The molecular weight excluding hydrogens is 794 g/mol. The summed E-state index contributed by atoms with van der Waals surface area (Å²) in [5, 5.41) is 53.8. The second kappa shape index (κ2) is 20.3. The summed E-state index contributed by atoms with van der Waals surface area (Å²) < 4.78 is 71.9. The highest BCUT2D eigenvalue weighted by Gasteiger charge is 2.49. The number of rotatable bonds is 21. The molecule has 3 heterocycles. The van der Waals surface area contributed by atoms with Gasteiger partial charge in [-0.15, -0.1) is 0 Å². The monoisotopic (exact) mass is 838 g/mol. The summed E-state index contributed by atoms with van der Waals surface area (Å²) in [7, 11) is -11.2. The quantitative estimate of drug-likeness (QED) is 0.0453. The first kappa shape index (κ1) is 44.3. The number of H-pyrrole nitrogens is 1. The Morgan fingerprint density at radius 2 is 1.30 bits per heavy atom. The third-order valence-corrected chi connectivity index (χ3v) is 11.1. The number of aliphatic hydroxyl groups is 5. The third-order valence-electron chi connectivity index (χ3n) is 8.46. The maximum absolute atomic E-state index is 12.6. The lowest BCUT2D eigenvalue weighted by Gasteiger charge is -2.40. The standard InChI is InChI=1S/C32H44N2O20P2/c35-24-7-8-34(32(41)33-24)30-28(39)26(37)23(51-30)18-50-55(42,43)54-56(44,45)53-31-29(40)27(38)25(36)22(52-31)17-49-14-12-47-10-9-46-11-13-48-16-19-5-6-20-3-1-2-4-21(20)15-19/h1-8,15,22-23,25-31,36-40H,9-14,16-18H2,(H,42,43)(H,44,45)(H,33,35,41)/t22-,23-,25+,26-,27+,28-,29-,30-,31?/m1/s1. The maximum Gasteiger partial charge on any atom is 0.483 e. The minimum atomic E-state index is -5.66. The van der Waals surface area contributed by atoms with Gasteiger partial charge in [0, 0.05) is 12.3 Å². The topological polar surface area (TPSA) is 314 Å². The van der Waals surface area contributed by atoms with Gasteiger partial charge in [-0.25, -0.2) is 13.9 Å². The fourth-order valence-corrected chi connectivity index (χ4v) is 7.77. The van der Waals surface area contributed by atoms with Gasteiger partial charge in [-0.05, 0) is 22.4 Å². The molecule has 312 valence electrons. The number of fused-ring (bicyclic) bond motifs is 1. The van der Waals surface area contributed by atoms with Crippen molar-refractivity contribution >= 4 is 26.4 Å². The molecular formula is C32H44N2O20P2. The molecule has 2 fully saturated rings. The lowest BCUT2D eigenvalue weighted by molar-refractivity contribution is -0.283. The third kappa shape index (κ3) is 12.4. The Hall–Kier alpha value is -2.80. The van der Waals surface area contributed by atoms with Crippen LogP contribution in [0.4, 0.5) is 0 Å². The van der Waals surface area contributed by atoms with Crippen LogP contribution in [0.3, 0.4) is 0 Å². The fraction of sp³-hybridized carbons (Fsp3) is 0.562. The summed E-state index contributed by atoms with van der Waals surface area (Å²) in [6.45, 7) is 0.322. The number of nitrogens with one attached hydrogen (secondary N) is 1. The van der Waals surface area contributed by atoms with Crippen molar-refractivity contribution in [1.29, 1.82) is 0 Å². The van der Waals surface area contributed by atoms with Crippen molar-refractivity contribution < 1.29 is 86.2 Å². The van der Waals surface area contributed by atoms with E-state index in [9.17, 15) is 54.0 Å². The molecule has 8 N–H and O–H groups in total. The van der Waals surface area contributed by atoms with Crippen molar-refractivity contribution in [2.45, 2.75) is 61.9 Å². The van der Waals surface area contributed by atoms with E-state index in [2.05, 4.69) is 19.4 Å². The van der Waals surface area contributed by atoms with Crippen LogP contribution in [-0.4, -0.2) is 147 Å². The molecule has 2 aliphatic heterocycles. The van der Waals surface area contributed by atoms with E-state index in [0.717, 1.165) is 33.2 Å². The summed E-state index contributed by atoms with van der Waals surface area (Å²) >= 11 is 0. The van der Waals surface area contributed by atoms with Crippen LogP contribution in [0.1, 0.15) is 11.8 Å². The number of benzene rings is 2. The predicted octanol–water partition coefficient (Wildman–Crippen LogP) is -1.37. The molecule has 5 rings (SSSR count). The van der Waals surface area contributed by atoms with Crippen LogP contribution >= 0.6 is 15.6 Å². The first-order valence-electron chi connectivity index (χ1n) is 17.2. The normalized spacial score (nSPS) is 28.9. The van der Waals surface area contributed by atoms with Gasteiger partial charge in [0.25, 0.3) is 5.56 Å².